The van der Waals surface area contributed by atoms with E-state index in [4.69, 9.17) is 18.9 Å². The van der Waals surface area contributed by atoms with E-state index in [9.17, 15) is 32.4 Å². The summed E-state index contributed by atoms with van der Waals surface area (Å²) >= 11 is 0. The van der Waals surface area contributed by atoms with Crippen LogP contribution in [-0.2, 0) is 47.0 Å². The first kappa shape index (κ1) is 35.8. The molecule has 3 aliphatic carbocycles. The van der Waals surface area contributed by atoms with Gasteiger partial charge in [0.2, 0.25) is 28.6 Å². The van der Waals surface area contributed by atoms with Crippen LogP contribution in [0.4, 0.5) is 9.59 Å². The first-order valence-corrected chi connectivity index (χ1v) is 19.5. The van der Waals surface area contributed by atoms with Crippen molar-refractivity contribution in [1.29, 1.82) is 0 Å². The number of ether oxygens (including phenoxy) is 4. The molecular formula is C35H45N5O11S. The fourth-order valence-corrected chi connectivity index (χ4v) is 8.96. The second kappa shape index (κ2) is 13.8. The Kier molecular flexibility index (Phi) is 9.50. The zero-order valence-electron chi connectivity index (χ0n) is 29.3. The molecule has 0 bridgehead atoms. The quantitative estimate of drug-likeness (QED) is 0.281. The van der Waals surface area contributed by atoms with Crippen LogP contribution in [-0.4, -0.2) is 96.5 Å². The second-order valence-corrected chi connectivity index (χ2v) is 16.9. The van der Waals surface area contributed by atoms with Gasteiger partial charge in [-0.05, 0) is 62.5 Å². The minimum atomic E-state index is -3.91. The lowest BCUT2D eigenvalue weighted by atomic mass is 10.0. The summed E-state index contributed by atoms with van der Waals surface area (Å²) in [6.45, 7) is 7.63. The number of hydrogen-bond donors (Lipinski definition) is 3. The predicted octanol–water partition coefficient (Wildman–Crippen LogP) is 2.20. The monoisotopic (exact) mass is 743 g/mol. The number of likely N-dealkylation sites (tertiary alicyclic amines) is 1. The Bertz CT molecular complexity index is 1780. The number of carbonyl (C=O) groups excluding carboxylic acids is 5. The van der Waals surface area contributed by atoms with E-state index in [0.29, 0.717) is 24.3 Å². The van der Waals surface area contributed by atoms with E-state index >= 15 is 0 Å². The van der Waals surface area contributed by atoms with E-state index in [2.05, 4.69) is 21.9 Å². The Morgan fingerprint density at radius 2 is 1.77 bits per heavy atom. The SMILES string of the molecule is C=C[C@H]1C[C@@]1(NC(=O)C1C[C@@H](OC(=O)N2Cc3ccc4c(c3C2)OCO4)CN1C(=O)[C@@H](NC(=O)OC1CCCC1)C(C)C)C(=O)NS(=O)(=O)C1CC1. The number of alkyl carbamates (subject to hydrolysis) is 1. The van der Waals surface area contributed by atoms with E-state index in [-0.39, 0.29) is 45.4 Å². The van der Waals surface area contributed by atoms with Crippen molar-refractivity contribution in [2.45, 2.75) is 113 Å². The standard InChI is InChI=1S/C35H45N5O11S/c1-4-21-14-35(21,32(43)38-52(46,47)24-10-11-24)37-30(41)26-13-23(51-34(45)39-15-20-9-12-27-29(25(20)17-39)49-18-48-27)16-40(26)31(42)28(19(2)3)36-33(44)50-22-7-5-6-8-22/h4,9,12,19,21-24,26,28H,1,5-8,10-11,13-18H2,2-3H3,(H,36,44)(H,37,41)(H,38,43)/t21-,23+,26?,28-,35-/m0/s1. The summed E-state index contributed by atoms with van der Waals surface area (Å²) in [6.07, 6.45) is 3.18. The van der Waals surface area contributed by atoms with Gasteiger partial charge in [-0.1, -0.05) is 26.0 Å². The Labute approximate surface area is 301 Å². The molecule has 6 aliphatic rings. The lowest BCUT2D eigenvalue weighted by Crippen LogP contribution is -2.59. The first-order chi connectivity index (χ1) is 24.8. The molecule has 4 fully saturated rings. The van der Waals surface area contributed by atoms with Gasteiger partial charge in [0.25, 0.3) is 5.91 Å². The maximum absolute atomic E-state index is 14.2. The highest BCUT2D eigenvalue weighted by Crippen LogP contribution is 2.46. The summed E-state index contributed by atoms with van der Waals surface area (Å²) < 4.78 is 49.9. The summed E-state index contributed by atoms with van der Waals surface area (Å²) in [5, 5.41) is 4.75. The molecule has 52 heavy (non-hydrogen) atoms. The molecule has 1 unspecified atom stereocenters. The molecule has 0 radical (unpaired) electrons. The van der Waals surface area contributed by atoms with Crippen LogP contribution in [0.2, 0.25) is 0 Å². The number of benzene rings is 1. The number of hydrogen-bond acceptors (Lipinski definition) is 11. The van der Waals surface area contributed by atoms with Crippen LogP contribution in [0.1, 0.15) is 76.3 Å². The van der Waals surface area contributed by atoms with Crippen molar-refractivity contribution in [3.63, 3.8) is 0 Å². The van der Waals surface area contributed by atoms with E-state index in [1.807, 2.05) is 6.07 Å². The van der Waals surface area contributed by atoms with Crippen molar-refractivity contribution in [3.8, 4) is 11.5 Å². The summed E-state index contributed by atoms with van der Waals surface area (Å²) in [4.78, 5) is 70.9. The highest BCUT2D eigenvalue weighted by Gasteiger charge is 2.62. The van der Waals surface area contributed by atoms with Crippen LogP contribution in [0, 0.1) is 11.8 Å². The van der Waals surface area contributed by atoms with Crippen molar-refractivity contribution >= 4 is 39.9 Å². The van der Waals surface area contributed by atoms with E-state index in [1.165, 1.54) is 15.9 Å². The molecule has 3 N–H and O–H groups in total. The third kappa shape index (κ3) is 6.98. The van der Waals surface area contributed by atoms with Crippen molar-refractivity contribution in [2.75, 3.05) is 13.3 Å². The smallest absolute Gasteiger partial charge is 0.410 e. The van der Waals surface area contributed by atoms with Gasteiger partial charge in [-0.25, -0.2) is 18.0 Å². The molecule has 1 aromatic rings. The fraction of sp³-hybridized carbons (Fsp3) is 0.629. The minimum Gasteiger partial charge on any atom is -0.454 e. The third-order valence-corrected chi connectivity index (χ3v) is 12.7. The van der Waals surface area contributed by atoms with E-state index < -0.39 is 80.7 Å². The average Bonchev–Trinajstić information content (AvgIpc) is 3.73. The van der Waals surface area contributed by atoms with Gasteiger partial charge in [0.1, 0.15) is 29.8 Å². The van der Waals surface area contributed by atoms with Crippen molar-refractivity contribution in [3.05, 3.63) is 35.9 Å². The molecule has 3 heterocycles. The maximum Gasteiger partial charge on any atom is 0.410 e. The summed E-state index contributed by atoms with van der Waals surface area (Å²) in [5.41, 5.74) is 0.111. The average molecular weight is 744 g/mol. The Morgan fingerprint density at radius 1 is 1.02 bits per heavy atom. The number of rotatable bonds is 11. The van der Waals surface area contributed by atoms with Gasteiger partial charge in [0.15, 0.2) is 11.5 Å². The van der Waals surface area contributed by atoms with Crippen LogP contribution in [0.5, 0.6) is 11.5 Å². The molecule has 3 saturated carbocycles. The number of sulfonamides is 1. The number of fused-ring (bicyclic) bond motifs is 3. The number of carbonyl (C=O) groups is 5. The lowest BCUT2D eigenvalue weighted by Gasteiger charge is -2.31. The van der Waals surface area contributed by atoms with Gasteiger partial charge in [-0.15, -0.1) is 6.58 Å². The molecule has 17 heteroatoms. The molecule has 5 amide bonds. The summed E-state index contributed by atoms with van der Waals surface area (Å²) in [6, 6.07) is 1.34. The lowest BCUT2D eigenvalue weighted by molar-refractivity contribution is -0.141. The predicted molar refractivity (Wildman–Crippen MR) is 182 cm³/mol. The van der Waals surface area contributed by atoms with Crippen LogP contribution in [0.3, 0.4) is 0 Å². The molecule has 1 aromatic carbocycles. The number of amides is 5. The van der Waals surface area contributed by atoms with Crippen molar-refractivity contribution < 1.29 is 51.3 Å². The molecule has 7 rings (SSSR count). The van der Waals surface area contributed by atoms with Gasteiger partial charge in [-0.3, -0.25) is 24.0 Å². The van der Waals surface area contributed by atoms with Crippen LogP contribution in [0.25, 0.3) is 0 Å². The molecule has 1 saturated heterocycles. The van der Waals surface area contributed by atoms with Gasteiger partial charge >= 0.3 is 12.2 Å². The molecule has 5 atom stereocenters. The van der Waals surface area contributed by atoms with Crippen LogP contribution >= 0.6 is 0 Å². The van der Waals surface area contributed by atoms with E-state index in [1.54, 1.807) is 19.9 Å². The van der Waals surface area contributed by atoms with Crippen LogP contribution in [0.15, 0.2) is 24.8 Å². The molecule has 0 aromatic heterocycles. The van der Waals surface area contributed by atoms with Gasteiger partial charge < -0.3 is 34.5 Å². The normalized spacial score (nSPS) is 26.8. The topological polar surface area (TPSA) is 199 Å². The van der Waals surface area contributed by atoms with Gasteiger partial charge in [0, 0.05) is 24.4 Å². The second-order valence-electron chi connectivity index (χ2n) is 14.9. The third-order valence-electron chi connectivity index (χ3n) is 10.9. The Hall–Kier alpha value is -4.54. The van der Waals surface area contributed by atoms with Gasteiger partial charge in [-0.2, -0.15) is 0 Å². The maximum atomic E-state index is 14.2. The molecule has 282 valence electrons. The minimum absolute atomic E-state index is 0.0863. The molecule has 16 nitrogen and oxygen atoms in total. The van der Waals surface area contributed by atoms with Crippen molar-refractivity contribution in [2.24, 2.45) is 11.8 Å². The largest absolute Gasteiger partial charge is 0.454 e. The molecular weight excluding hydrogens is 698 g/mol. The van der Waals surface area contributed by atoms with Gasteiger partial charge in [0.05, 0.1) is 18.3 Å². The first-order valence-electron chi connectivity index (χ1n) is 17.9. The number of nitrogens with one attached hydrogen (secondary N) is 3. The highest BCUT2D eigenvalue weighted by atomic mass is 32.2. The zero-order valence-corrected chi connectivity index (χ0v) is 30.1. The molecule has 0 spiro atoms. The summed E-state index contributed by atoms with van der Waals surface area (Å²) in [7, 11) is -3.91. The van der Waals surface area contributed by atoms with Crippen molar-refractivity contribution in [1.82, 2.24) is 25.2 Å². The highest BCUT2D eigenvalue weighted by molar-refractivity contribution is 7.91. The molecule has 3 aliphatic heterocycles. The van der Waals surface area contributed by atoms with Crippen LogP contribution < -0.4 is 24.8 Å². The summed E-state index contributed by atoms with van der Waals surface area (Å²) in [5.74, 6) is -1.98. The number of nitrogens with zero attached hydrogens (tertiary/aromatic N) is 2. The fourth-order valence-electron chi connectivity index (χ4n) is 7.60. The Balaban J connectivity index is 1.08. The zero-order chi connectivity index (χ0) is 36.9. The van der Waals surface area contributed by atoms with E-state index in [0.717, 1.165) is 36.8 Å². The Morgan fingerprint density at radius 3 is 2.44 bits per heavy atom.